The van der Waals surface area contributed by atoms with E-state index in [-0.39, 0.29) is 36.5 Å². The number of esters is 1. The Hall–Kier alpha value is -3.32. The summed E-state index contributed by atoms with van der Waals surface area (Å²) in [4.78, 5) is 27.7. The Morgan fingerprint density at radius 1 is 1.05 bits per heavy atom. The molecular formula is C30H37NO6. The number of hydrogen-bond donors (Lipinski definition) is 0. The SMILES string of the molecule is CCOC(=O)C1=CN2C(CC1=O)c1cc(OCc3ccccc3)c(OCCCOC)cc1CC2C(C)C. The van der Waals surface area contributed by atoms with Crippen molar-refractivity contribution in [2.75, 3.05) is 26.9 Å². The van der Waals surface area contributed by atoms with Gasteiger partial charge in [0, 0.05) is 38.8 Å². The van der Waals surface area contributed by atoms with Crippen LogP contribution in [0.3, 0.4) is 0 Å². The van der Waals surface area contributed by atoms with Crippen LogP contribution in [0.25, 0.3) is 0 Å². The molecule has 0 saturated heterocycles. The average molecular weight is 508 g/mol. The first-order valence-corrected chi connectivity index (χ1v) is 13.1. The second-order valence-corrected chi connectivity index (χ2v) is 9.84. The number of nitrogens with zero attached hydrogens (tertiary/aromatic N) is 1. The van der Waals surface area contributed by atoms with Gasteiger partial charge in [-0.1, -0.05) is 44.2 Å². The number of methoxy groups -OCH3 is 1. The molecule has 0 fully saturated rings. The van der Waals surface area contributed by atoms with Crippen LogP contribution in [0, 0.1) is 5.92 Å². The van der Waals surface area contributed by atoms with Crippen LogP contribution in [0.5, 0.6) is 11.5 Å². The highest BCUT2D eigenvalue weighted by atomic mass is 16.5. The minimum absolute atomic E-state index is 0.130. The fraction of sp³-hybridized carbons (Fsp3) is 0.467. The number of ether oxygens (including phenoxy) is 4. The van der Waals surface area contributed by atoms with E-state index in [1.165, 1.54) is 0 Å². The Bertz CT molecular complexity index is 1130. The van der Waals surface area contributed by atoms with Gasteiger partial charge in [0.1, 0.15) is 12.2 Å². The van der Waals surface area contributed by atoms with Gasteiger partial charge in [0.25, 0.3) is 0 Å². The molecule has 2 heterocycles. The van der Waals surface area contributed by atoms with Gasteiger partial charge in [-0.05, 0) is 48.1 Å². The third-order valence-electron chi connectivity index (χ3n) is 6.95. The quantitative estimate of drug-likeness (QED) is 0.240. The summed E-state index contributed by atoms with van der Waals surface area (Å²) in [6.45, 7) is 7.85. The van der Waals surface area contributed by atoms with Gasteiger partial charge >= 0.3 is 5.97 Å². The molecule has 2 aliphatic heterocycles. The maximum absolute atomic E-state index is 13.1. The fourth-order valence-corrected chi connectivity index (χ4v) is 5.04. The Balaban J connectivity index is 1.70. The van der Waals surface area contributed by atoms with Crippen LogP contribution in [0.1, 0.15) is 56.3 Å². The van der Waals surface area contributed by atoms with Crippen molar-refractivity contribution < 1.29 is 28.5 Å². The lowest BCUT2D eigenvalue weighted by Gasteiger charge is -2.46. The number of Topliss-reactive ketones (excluding diaryl/α,β-unsaturated/α-hetero) is 1. The topological polar surface area (TPSA) is 74.3 Å². The summed E-state index contributed by atoms with van der Waals surface area (Å²) in [6, 6.07) is 14.0. The summed E-state index contributed by atoms with van der Waals surface area (Å²) in [5, 5.41) is 0. The van der Waals surface area contributed by atoms with Crippen LogP contribution in [-0.2, 0) is 32.1 Å². The maximum atomic E-state index is 13.1. The summed E-state index contributed by atoms with van der Waals surface area (Å²) in [5.74, 6) is 0.915. The molecule has 0 N–H and O–H groups in total. The van der Waals surface area contributed by atoms with Crippen LogP contribution < -0.4 is 9.47 Å². The van der Waals surface area contributed by atoms with Crippen molar-refractivity contribution in [2.24, 2.45) is 5.92 Å². The molecule has 2 unspecified atom stereocenters. The second-order valence-electron chi connectivity index (χ2n) is 9.84. The van der Waals surface area contributed by atoms with Crippen molar-refractivity contribution in [3.63, 3.8) is 0 Å². The van der Waals surface area contributed by atoms with Crippen molar-refractivity contribution in [3.8, 4) is 11.5 Å². The van der Waals surface area contributed by atoms with E-state index in [2.05, 4.69) is 24.8 Å². The zero-order chi connectivity index (χ0) is 26.4. The Kier molecular flexibility index (Phi) is 8.87. The summed E-state index contributed by atoms with van der Waals surface area (Å²) in [5.41, 5.74) is 3.37. The molecule has 0 amide bonds. The summed E-state index contributed by atoms with van der Waals surface area (Å²) in [7, 11) is 1.68. The van der Waals surface area contributed by atoms with Crippen LogP contribution in [0.4, 0.5) is 0 Å². The lowest BCUT2D eigenvalue weighted by Crippen LogP contribution is -2.47. The minimum atomic E-state index is -0.550. The van der Waals surface area contributed by atoms with Crippen LogP contribution in [0.15, 0.2) is 54.2 Å². The van der Waals surface area contributed by atoms with E-state index < -0.39 is 5.97 Å². The average Bonchev–Trinajstić information content (AvgIpc) is 2.89. The zero-order valence-corrected chi connectivity index (χ0v) is 22.2. The molecule has 0 aromatic heterocycles. The highest BCUT2D eigenvalue weighted by Crippen LogP contribution is 2.45. The Morgan fingerprint density at radius 3 is 2.51 bits per heavy atom. The summed E-state index contributed by atoms with van der Waals surface area (Å²) < 4.78 is 22.8. The van der Waals surface area contributed by atoms with E-state index >= 15 is 0 Å². The summed E-state index contributed by atoms with van der Waals surface area (Å²) >= 11 is 0. The van der Waals surface area contributed by atoms with E-state index in [1.54, 1.807) is 20.2 Å². The molecule has 2 atom stereocenters. The van der Waals surface area contributed by atoms with Crippen molar-refractivity contribution in [2.45, 2.75) is 58.7 Å². The third-order valence-corrected chi connectivity index (χ3v) is 6.95. The lowest BCUT2D eigenvalue weighted by atomic mass is 9.80. The largest absolute Gasteiger partial charge is 0.490 e. The number of carbonyl (C=O) groups excluding carboxylic acids is 2. The Morgan fingerprint density at radius 2 is 1.81 bits per heavy atom. The number of carbonyl (C=O) groups is 2. The third kappa shape index (κ3) is 6.16. The van der Waals surface area contributed by atoms with E-state index in [0.29, 0.717) is 37.2 Å². The molecule has 4 rings (SSSR count). The maximum Gasteiger partial charge on any atom is 0.343 e. The predicted octanol–water partition coefficient (Wildman–Crippen LogP) is 5.02. The molecule has 7 heteroatoms. The number of ketones is 1. The van der Waals surface area contributed by atoms with Crippen molar-refractivity contribution in [3.05, 3.63) is 70.9 Å². The molecule has 0 spiro atoms. The first-order valence-electron chi connectivity index (χ1n) is 13.1. The van der Waals surface area contributed by atoms with E-state index in [9.17, 15) is 9.59 Å². The van der Waals surface area contributed by atoms with Gasteiger partial charge in [0.2, 0.25) is 0 Å². The predicted molar refractivity (Wildman–Crippen MR) is 140 cm³/mol. The number of rotatable bonds is 11. The van der Waals surface area contributed by atoms with Gasteiger partial charge in [-0.2, -0.15) is 0 Å². The van der Waals surface area contributed by atoms with Crippen molar-refractivity contribution in [1.82, 2.24) is 4.90 Å². The van der Waals surface area contributed by atoms with Gasteiger partial charge in [0.15, 0.2) is 17.3 Å². The molecular weight excluding hydrogens is 470 g/mol. The van der Waals surface area contributed by atoms with E-state index in [0.717, 1.165) is 29.5 Å². The van der Waals surface area contributed by atoms with Gasteiger partial charge in [-0.3, -0.25) is 4.79 Å². The van der Waals surface area contributed by atoms with Gasteiger partial charge < -0.3 is 23.8 Å². The number of benzene rings is 2. The van der Waals surface area contributed by atoms with Crippen LogP contribution in [0.2, 0.25) is 0 Å². The van der Waals surface area contributed by atoms with Crippen LogP contribution in [-0.4, -0.2) is 49.6 Å². The molecule has 2 aromatic rings. The molecule has 2 aromatic carbocycles. The first-order chi connectivity index (χ1) is 17.9. The molecule has 37 heavy (non-hydrogen) atoms. The van der Waals surface area contributed by atoms with Crippen molar-refractivity contribution in [1.29, 1.82) is 0 Å². The fourth-order valence-electron chi connectivity index (χ4n) is 5.04. The molecule has 2 aliphatic rings. The van der Waals surface area contributed by atoms with Crippen LogP contribution >= 0.6 is 0 Å². The minimum Gasteiger partial charge on any atom is -0.490 e. The Labute approximate surface area is 219 Å². The van der Waals surface area contributed by atoms with Gasteiger partial charge in [0.05, 0.1) is 19.3 Å². The van der Waals surface area contributed by atoms with Gasteiger partial charge in [-0.15, -0.1) is 0 Å². The first kappa shape index (κ1) is 26.7. The zero-order valence-electron chi connectivity index (χ0n) is 22.2. The molecule has 0 aliphatic carbocycles. The van der Waals surface area contributed by atoms with Crippen molar-refractivity contribution >= 4 is 11.8 Å². The molecule has 198 valence electrons. The number of fused-ring (bicyclic) bond motifs is 3. The van der Waals surface area contributed by atoms with E-state index in [4.69, 9.17) is 18.9 Å². The smallest absolute Gasteiger partial charge is 0.343 e. The molecule has 0 saturated carbocycles. The normalized spacial score (nSPS) is 18.7. The summed E-state index contributed by atoms with van der Waals surface area (Å²) in [6.07, 6.45) is 3.49. The standard InChI is InChI=1S/C30H37NO6/c1-5-35-30(33)24-18-31-25(20(2)3)14-22-15-28(36-13-9-12-34-4)29(16-23(22)26(31)17-27(24)32)37-19-21-10-7-6-8-11-21/h6-8,10-11,15-16,18,20,25-26H,5,9,12-14,17,19H2,1-4H3. The highest BCUT2D eigenvalue weighted by Gasteiger charge is 2.41. The lowest BCUT2D eigenvalue weighted by molar-refractivity contribution is -0.140. The second kappa shape index (κ2) is 12.3. The molecule has 0 bridgehead atoms. The van der Waals surface area contributed by atoms with E-state index in [1.807, 2.05) is 36.4 Å². The van der Waals surface area contributed by atoms with Gasteiger partial charge in [-0.25, -0.2) is 4.79 Å². The highest BCUT2D eigenvalue weighted by molar-refractivity contribution is 6.17. The number of hydrogen-bond acceptors (Lipinski definition) is 7. The molecule has 0 radical (unpaired) electrons. The molecule has 7 nitrogen and oxygen atoms in total. The monoisotopic (exact) mass is 507 g/mol.